The maximum Gasteiger partial charge on any atom is 0.243 e. The number of carbonyl (C=O) groups excluding carboxylic acids is 2. The number of hydrogen-bond donors (Lipinski definition) is 2. The molecule has 1 aromatic rings. The van der Waals surface area contributed by atoms with Gasteiger partial charge >= 0.3 is 0 Å². The van der Waals surface area contributed by atoms with E-state index in [0.29, 0.717) is 0 Å². The number of hydrogen-bond acceptors (Lipinski definition) is 3. The molecule has 1 saturated heterocycles. The highest BCUT2D eigenvalue weighted by Gasteiger charge is 2.33. The van der Waals surface area contributed by atoms with Gasteiger partial charge in [0.05, 0.1) is 12.6 Å². The largest absolute Gasteiger partial charge is 0.350 e. The summed E-state index contributed by atoms with van der Waals surface area (Å²) in [4.78, 5) is 25.2. The Kier molecular flexibility index (Phi) is 5.11. The number of nitrogens with zero attached hydrogens (tertiary/aromatic N) is 1. The van der Waals surface area contributed by atoms with Gasteiger partial charge in [0.25, 0.3) is 0 Å². The molecule has 0 unspecified atom stereocenters. The fourth-order valence-electron chi connectivity index (χ4n) is 2.73. The van der Waals surface area contributed by atoms with Gasteiger partial charge in [-0.25, -0.2) is 0 Å². The van der Waals surface area contributed by atoms with Crippen molar-refractivity contribution >= 4 is 11.8 Å². The van der Waals surface area contributed by atoms with Gasteiger partial charge in [0.15, 0.2) is 0 Å². The third-order valence-electron chi connectivity index (χ3n) is 3.74. The molecular weight excluding hydrogens is 266 g/mol. The summed E-state index contributed by atoms with van der Waals surface area (Å²) in [5.41, 5.74) is 1.19. The Hall–Kier alpha value is -2.14. The Balaban J connectivity index is 1.97. The van der Waals surface area contributed by atoms with Crippen molar-refractivity contribution < 1.29 is 9.59 Å². The first-order chi connectivity index (χ1) is 10.1. The van der Waals surface area contributed by atoms with Crippen molar-refractivity contribution in [2.24, 2.45) is 0 Å². The SMILES string of the molecule is C=CC(=O)NCC(=O)N[C@@H]1CCN(C)[C@H]1c1ccccc1. The van der Waals surface area contributed by atoms with Crippen LogP contribution >= 0.6 is 0 Å². The van der Waals surface area contributed by atoms with Crippen LogP contribution in [0.5, 0.6) is 0 Å². The second kappa shape index (κ2) is 7.04. The van der Waals surface area contributed by atoms with Gasteiger partial charge in [-0.05, 0) is 25.1 Å². The molecule has 0 radical (unpaired) electrons. The molecule has 5 heteroatoms. The van der Waals surface area contributed by atoms with E-state index in [1.54, 1.807) is 0 Å². The number of nitrogens with one attached hydrogen (secondary N) is 2. The van der Waals surface area contributed by atoms with Crippen LogP contribution < -0.4 is 10.6 Å². The summed E-state index contributed by atoms with van der Waals surface area (Å²) in [6.45, 7) is 4.27. The zero-order valence-corrected chi connectivity index (χ0v) is 12.2. The number of benzene rings is 1. The first kappa shape index (κ1) is 15.3. The molecule has 1 heterocycles. The topological polar surface area (TPSA) is 61.4 Å². The van der Waals surface area contributed by atoms with Gasteiger partial charge in [-0.1, -0.05) is 36.9 Å². The second-order valence-corrected chi connectivity index (χ2v) is 5.22. The number of rotatable bonds is 5. The van der Waals surface area contributed by atoms with Crippen LogP contribution in [0.25, 0.3) is 0 Å². The Morgan fingerprint density at radius 3 is 2.76 bits per heavy atom. The van der Waals surface area contributed by atoms with E-state index in [0.717, 1.165) is 19.0 Å². The van der Waals surface area contributed by atoms with Gasteiger partial charge in [0, 0.05) is 12.6 Å². The molecule has 0 bridgehead atoms. The predicted molar refractivity (Wildman–Crippen MR) is 81.6 cm³/mol. The fraction of sp³-hybridized carbons (Fsp3) is 0.375. The second-order valence-electron chi connectivity index (χ2n) is 5.22. The summed E-state index contributed by atoms with van der Waals surface area (Å²) in [7, 11) is 2.06. The molecule has 112 valence electrons. The van der Waals surface area contributed by atoms with Gasteiger partial charge in [0.2, 0.25) is 11.8 Å². The van der Waals surface area contributed by atoms with Crippen molar-refractivity contribution in [2.75, 3.05) is 20.1 Å². The minimum Gasteiger partial charge on any atom is -0.350 e. The first-order valence-electron chi connectivity index (χ1n) is 7.06. The lowest BCUT2D eigenvalue weighted by atomic mass is 10.0. The molecule has 5 nitrogen and oxygen atoms in total. The number of amides is 2. The minimum absolute atomic E-state index is 0.0213. The van der Waals surface area contributed by atoms with E-state index in [1.807, 2.05) is 18.2 Å². The zero-order valence-electron chi connectivity index (χ0n) is 12.2. The first-order valence-corrected chi connectivity index (χ1v) is 7.06. The lowest BCUT2D eigenvalue weighted by Gasteiger charge is -2.26. The van der Waals surface area contributed by atoms with Crippen LogP contribution in [-0.4, -0.2) is 42.9 Å². The fourth-order valence-corrected chi connectivity index (χ4v) is 2.73. The molecule has 2 amide bonds. The van der Waals surface area contributed by atoms with Crippen molar-refractivity contribution in [3.05, 3.63) is 48.6 Å². The van der Waals surface area contributed by atoms with Gasteiger partial charge in [-0.3, -0.25) is 14.5 Å². The van der Waals surface area contributed by atoms with Gasteiger partial charge in [-0.15, -0.1) is 0 Å². The van der Waals surface area contributed by atoms with E-state index in [9.17, 15) is 9.59 Å². The average Bonchev–Trinajstić information content (AvgIpc) is 2.86. The summed E-state index contributed by atoms with van der Waals surface area (Å²) < 4.78 is 0. The minimum atomic E-state index is -0.340. The molecule has 1 aliphatic heterocycles. The van der Waals surface area contributed by atoms with Crippen LogP contribution in [0.4, 0.5) is 0 Å². The van der Waals surface area contributed by atoms with Crippen LogP contribution in [0.2, 0.25) is 0 Å². The van der Waals surface area contributed by atoms with Crippen molar-refractivity contribution in [1.82, 2.24) is 15.5 Å². The lowest BCUT2D eigenvalue weighted by molar-refractivity contribution is -0.124. The van der Waals surface area contributed by atoms with Crippen molar-refractivity contribution in [1.29, 1.82) is 0 Å². The highest BCUT2D eigenvalue weighted by atomic mass is 16.2. The standard InChI is InChI=1S/C16H21N3O2/c1-3-14(20)17-11-15(21)18-13-9-10-19(2)16(13)12-7-5-4-6-8-12/h3-8,13,16H,1,9-11H2,2H3,(H,17,20)(H,18,21)/t13-,16+/m1/s1. The molecule has 1 aromatic carbocycles. The van der Waals surface area contributed by atoms with Crippen LogP contribution in [0.3, 0.4) is 0 Å². The van der Waals surface area contributed by atoms with Gasteiger partial charge < -0.3 is 10.6 Å². The molecule has 2 rings (SSSR count). The maximum absolute atomic E-state index is 11.9. The quantitative estimate of drug-likeness (QED) is 0.789. The molecule has 0 saturated carbocycles. The number of likely N-dealkylation sites (tertiary alicyclic amines) is 1. The third-order valence-corrected chi connectivity index (χ3v) is 3.74. The summed E-state index contributed by atoms with van der Waals surface area (Å²) in [6.07, 6.45) is 2.06. The highest BCUT2D eigenvalue weighted by molar-refractivity contribution is 5.90. The maximum atomic E-state index is 11.9. The van der Waals surface area contributed by atoms with Gasteiger partial charge in [-0.2, -0.15) is 0 Å². The molecule has 1 fully saturated rings. The molecule has 0 aliphatic carbocycles. The molecule has 0 aromatic heterocycles. The third kappa shape index (κ3) is 3.92. The van der Waals surface area contributed by atoms with Crippen LogP contribution in [0.15, 0.2) is 43.0 Å². The molecule has 2 atom stereocenters. The Morgan fingerprint density at radius 2 is 2.10 bits per heavy atom. The zero-order chi connectivity index (χ0) is 15.2. The smallest absolute Gasteiger partial charge is 0.243 e. The summed E-state index contributed by atoms with van der Waals surface area (Å²) in [5, 5.41) is 5.50. The van der Waals surface area contributed by atoms with E-state index in [1.165, 1.54) is 5.56 Å². The van der Waals surface area contributed by atoms with Crippen LogP contribution in [0, 0.1) is 0 Å². The van der Waals surface area contributed by atoms with Crippen LogP contribution in [0.1, 0.15) is 18.0 Å². The number of likely N-dealkylation sites (N-methyl/N-ethyl adjacent to an activating group) is 1. The summed E-state index contributed by atoms with van der Waals surface area (Å²) >= 11 is 0. The lowest BCUT2D eigenvalue weighted by Crippen LogP contribution is -2.43. The van der Waals surface area contributed by atoms with Crippen molar-refractivity contribution in [2.45, 2.75) is 18.5 Å². The Morgan fingerprint density at radius 1 is 1.38 bits per heavy atom. The average molecular weight is 287 g/mol. The van der Waals surface area contributed by atoms with E-state index in [-0.39, 0.29) is 30.4 Å². The summed E-state index contributed by atoms with van der Waals surface area (Å²) in [5.74, 6) is -0.514. The normalized spacial score (nSPS) is 21.8. The molecule has 0 spiro atoms. The van der Waals surface area contributed by atoms with E-state index >= 15 is 0 Å². The highest BCUT2D eigenvalue weighted by Crippen LogP contribution is 2.30. The van der Waals surface area contributed by atoms with Crippen molar-refractivity contribution in [3.8, 4) is 0 Å². The van der Waals surface area contributed by atoms with E-state index < -0.39 is 0 Å². The Bertz CT molecular complexity index is 516. The van der Waals surface area contributed by atoms with Crippen molar-refractivity contribution in [3.63, 3.8) is 0 Å². The monoisotopic (exact) mass is 287 g/mol. The van der Waals surface area contributed by atoms with Crippen LogP contribution in [-0.2, 0) is 9.59 Å². The predicted octanol–water partition coefficient (Wildman–Crippen LogP) is 0.850. The molecule has 1 aliphatic rings. The van der Waals surface area contributed by atoms with E-state index in [4.69, 9.17) is 0 Å². The summed E-state index contributed by atoms with van der Waals surface area (Å²) in [6, 6.07) is 10.4. The molecular formula is C16H21N3O2. The van der Waals surface area contributed by atoms with Gasteiger partial charge in [0.1, 0.15) is 0 Å². The number of carbonyl (C=O) groups is 2. The Labute approximate surface area is 125 Å². The van der Waals surface area contributed by atoms with E-state index in [2.05, 4.69) is 41.3 Å². The molecule has 21 heavy (non-hydrogen) atoms. The molecule has 2 N–H and O–H groups in total.